The Morgan fingerprint density at radius 1 is 1.18 bits per heavy atom. The SMILES string of the molecule is CCc1ccc(OCC(=O)Nc2ccc3nc(N4CCC(N(C)C)CC4)cc(C)c3c2)c(Cl)c1. The molecular weight excluding hydrogens is 448 g/mol. The van der Waals surface area contributed by atoms with E-state index in [9.17, 15) is 4.79 Å². The Labute approximate surface area is 206 Å². The van der Waals surface area contributed by atoms with E-state index in [1.54, 1.807) is 6.07 Å². The van der Waals surface area contributed by atoms with E-state index < -0.39 is 0 Å². The maximum absolute atomic E-state index is 12.5. The second-order valence-electron chi connectivity index (χ2n) is 9.17. The molecule has 1 fully saturated rings. The van der Waals surface area contributed by atoms with Gasteiger partial charge in [0.05, 0.1) is 10.5 Å². The van der Waals surface area contributed by atoms with Gasteiger partial charge >= 0.3 is 0 Å². The molecule has 34 heavy (non-hydrogen) atoms. The van der Waals surface area contributed by atoms with E-state index in [0.717, 1.165) is 65.9 Å². The van der Waals surface area contributed by atoms with Crippen LogP contribution < -0.4 is 15.0 Å². The van der Waals surface area contributed by atoms with E-state index in [1.165, 1.54) is 0 Å². The highest BCUT2D eigenvalue weighted by Gasteiger charge is 2.22. The predicted octanol–water partition coefficient (Wildman–Crippen LogP) is 5.31. The summed E-state index contributed by atoms with van der Waals surface area (Å²) in [6.45, 7) is 6.08. The summed E-state index contributed by atoms with van der Waals surface area (Å²) < 4.78 is 5.62. The van der Waals surface area contributed by atoms with Gasteiger partial charge in [0.2, 0.25) is 0 Å². The summed E-state index contributed by atoms with van der Waals surface area (Å²) in [5.41, 5.74) is 3.92. The first-order valence-electron chi connectivity index (χ1n) is 11.9. The lowest BCUT2D eigenvalue weighted by atomic mass is 10.0. The van der Waals surface area contributed by atoms with Gasteiger partial charge in [0, 0.05) is 30.2 Å². The number of amides is 1. The molecule has 3 aromatic rings. The second-order valence-corrected chi connectivity index (χ2v) is 9.57. The van der Waals surface area contributed by atoms with Crippen LogP contribution in [0.25, 0.3) is 10.9 Å². The van der Waals surface area contributed by atoms with Crippen LogP contribution in [0.1, 0.15) is 30.9 Å². The smallest absolute Gasteiger partial charge is 0.262 e. The number of fused-ring (bicyclic) bond motifs is 1. The number of carbonyl (C=O) groups excluding carboxylic acids is 1. The summed E-state index contributed by atoms with van der Waals surface area (Å²) in [6.07, 6.45) is 3.19. The molecule has 0 saturated carbocycles. The van der Waals surface area contributed by atoms with Crippen LogP contribution in [0.5, 0.6) is 5.75 Å². The van der Waals surface area contributed by atoms with Crippen molar-refractivity contribution in [3.63, 3.8) is 0 Å². The molecular formula is C27H33ClN4O2. The summed E-state index contributed by atoms with van der Waals surface area (Å²) in [5.74, 6) is 1.30. The number of aryl methyl sites for hydroxylation is 2. The molecule has 1 aliphatic heterocycles. The van der Waals surface area contributed by atoms with E-state index in [2.05, 4.69) is 49.1 Å². The van der Waals surface area contributed by atoms with Crippen molar-refractivity contribution in [2.75, 3.05) is 44.0 Å². The molecule has 0 aliphatic carbocycles. The molecule has 4 rings (SSSR count). The highest BCUT2D eigenvalue weighted by atomic mass is 35.5. The summed E-state index contributed by atoms with van der Waals surface area (Å²) in [5, 5.41) is 4.46. The van der Waals surface area contributed by atoms with Gasteiger partial charge in [-0.1, -0.05) is 24.6 Å². The van der Waals surface area contributed by atoms with Gasteiger partial charge in [0.1, 0.15) is 11.6 Å². The maximum Gasteiger partial charge on any atom is 0.262 e. The van der Waals surface area contributed by atoms with Crippen LogP contribution in [0.4, 0.5) is 11.5 Å². The minimum atomic E-state index is -0.235. The van der Waals surface area contributed by atoms with Gasteiger partial charge in [0.25, 0.3) is 5.91 Å². The standard InChI is InChI=1S/C27H33ClN4O2/c1-5-19-6-9-25(23(28)15-19)34-17-27(33)29-20-7-8-24-22(16-20)18(2)14-26(30-24)32-12-10-21(11-13-32)31(3)4/h6-9,14-16,21H,5,10-13,17H2,1-4H3,(H,29,33). The number of halogens is 1. The molecule has 0 bridgehead atoms. The van der Waals surface area contributed by atoms with Crippen molar-refractivity contribution in [2.24, 2.45) is 0 Å². The molecule has 6 nitrogen and oxygen atoms in total. The molecule has 1 amide bonds. The molecule has 0 unspecified atom stereocenters. The third-order valence-corrected chi connectivity index (χ3v) is 6.86. The number of aromatic nitrogens is 1. The fourth-order valence-electron chi connectivity index (χ4n) is 4.45. The monoisotopic (exact) mass is 480 g/mol. The fraction of sp³-hybridized carbons (Fsp3) is 0.407. The Kier molecular flexibility index (Phi) is 7.59. The molecule has 1 aromatic heterocycles. The summed E-state index contributed by atoms with van der Waals surface area (Å²) in [4.78, 5) is 22.1. The Morgan fingerprint density at radius 2 is 1.94 bits per heavy atom. The number of anilines is 2. The lowest BCUT2D eigenvalue weighted by Crippen LogP contribution is -2.42. The lowest BCUT2D eigenvalue weighted by molar-refractivity contribution is -0.118. The molecule has 1 saturated heterocycles. The van der Waals surface area contributed by atoms with Crippen molar-refractivity contribution in [3.8, 4) is 5.75 Å². The van der Waals surface area contributed by atoms with Gasteiger partial charge in [-0.15, -0.1) is 0 Å². The van der Waals surface area contributed by atoms with Crippen LogP contribution in [0.2, 0.25) is 5.02 Å². The number of rotatable bonds is 7. The van der Waals surface area contributed by atoms with E-state index >= 15 is 0 Å². The topological polar surface area (TPSA) is 57.7 Å². The number of nitrogens with zero attached hydrogens (tertiary/aromatic N) is 3. The highest BCUT2D eigenvalue weighted by molar-refractivity contribution is 6.32. The van der Waals surface area contributed by atoms with Crippen molar-refractivity contribution in [2.45, 2.75) is 39.2 Å². The van der Waals surface area contributed by atoms with Crippen molar-refractivity contribution < 1.29 is 9.53 Å². The highest BCUT2D eigenvalue weighted by Crippen LogP contribution is 2.28. The summed E-state index contributed by atoms with van der Waals surface area (Å²) >= 11 is 6.26. The van der Waals surface area contributed by atoms with Gasteiger partial charge in [-0.05, 0) is 87.8 Å². The minimum Gasteiger partial charge on any atom is -0.482 e. The Morgan fingerprint density at radius 3 is 2.62 bits per heavy atom. The zero-order chi connectivity index (χ0) is 24.2. The van der Waals surface area contributed by atoms with E-state index in [1.807, 2.05) is 30.3 Å². The second kappa shape index (κ2) is 10.6. The van der Waals surface area contributed by atoms with Gasteiger partial charge in [0.15, 0.2) is 6.61 Å². The lowest BCUT2D eigenvalue weighted by Gasteiger charge is -2.36. The van der Waals surface area contributed by atoms with Gasteiger partial charge in [-0.2, -0.15) is 0 Å². The third kappa shape index (κ3) is 5.62. The number of pyridine rings is 1. The van der Waals surface area contributed by atoms with Crippen LogP contribution in [0.15, 0.2) is 42.5 Å². The van der Waals surface area contributed by atoms with Crippen LogP contribution >= 0.6 is 11.6 Å². The molecule has 2 aromatic carbocycles. The van der Waals surface area contributed by atoms with Crippen molar-refractivity contribution >= 4 is 39.9 Å². The average Bonchev–Trinajstić information content (AvgIpc) is 2.83. The number of carbonyl (C=O) groups is 1. The van der Waals surface area contributed by atoms with Crippen molar-refractivity contribution in [1.82, 2.24) is 9.88 Å². The number of hydrogen-bond donors (Lipinski definition) is 1. The molecule has 1 N–H and O–H groups in total. The normalized spacial score (nSPS) is 14.6. The number of benzene rings is 2. The summed E-state index contributed by atoms with van der Waals surface area (Å²) in [6, 6.07) is 14.2. The number of ether oxygens (including phenoxy) is 1. The van der Waals surface area contributed by atoms with Crippen molar-refractivity contribution in [3.05, 3.63) is 58.6 Å². The van der Waals surface area contributed by atoms with Gasteiger partial charge in [-0.25, -0.2) is 4.98 Å². The fourth-order valence-corrected chi connectivity index (χ4v) is 4.71. The van der Waals surface area contributed by atoms with Crippen LogP contribution in [0, 0.1) is 6.92 Å². The first-order valence-corrected chi connectivity index (χ1v) is 12.3. The van der Waals surface area contributed by atoms with Gasteiger partial charge < -0.3 is 19.9 Å². The van der Waals surface area contributed by atoms with Crippen LogP contribution in [-0.2, 0) is 11.2 Å². The van der Waals surface area contributed by atoms with E-state index in [0.29, 0.717) is 16.8 Å². The summed E-state index contributed by atoms with van der Waals surface area (Å²) in [7, 11) is 4.31. The first kappa shape index (κ1) is 24.3. The Hall–Kier alpha value is -2.83. The van der Waals surface area contributed by atoms with Crippen LogP contribution in [0.3, 0.4) is 0 Å². The molecule has 0 atom stereocenters. The first-order chi connectivity index (χ1) is 16.3. The zero-order valence-corrected chi connectivity index (χ0v) is 21.2. The maximum atomic E-state index is 12.5. The molecule has 1 aliphatic rings. The minimum absolute atomic E-state index is 0.109. The average molecular weight is 481 g/mol. The van der Waals surface area contributed by atoms with Gasteiger partial charge in [-0.3, -0.25) is 4.79 Å². The molecule has 0 radical (unpaired) electrons. The van der Waals surface area contributed by atoms with E-state index in [-0.39, 0.29) is 12.5 Å². The molecule has 7 heteroatoms. The van der Waals surface area contributed by atoms with Crippen molar-refractivity contribution in [1.29, 1.82) is 0 Å². The molecule has 2 heterocycles. The Balaban J connectivity index is 1.41. The quantitative estimate of drug-likeness (QED) is 0.496. The van der Waals surface area contributed by atoms with Crippen LogP contribution in [-0.4, -0.2) is 55.6 Å². The Bertz CT molecular complexity index is 1170. The third-order valence-electron chi connectivity index (χ3n) is 6.57. The zero-order valence-electron chi connectivity index (χ0n) is 20.4. The molecule has 0 spiro atoms. The predicted molar refractivity (Wildman–Crippen MR) is 140 cm³/mol. The largest absolute Gasteiger partial charge is 0.482 e. The molecule has 180 valence electrons. The number of piperidine rings is 1. The van der Waals surface area contributed by atoms with E-state index in [4.69, 9.17) is 21.3 Å². The number of nitrogens with one attached hydrogen (secondary N) is 1. The number of hydrogen-bond acceptors (Lipinski definition) is 5.